The number of rotatable bonds is 4. The second kappa shape index (κ2) is 4.82. The van der Waals surface area contributed by atoms with E-state index in [1.165, 1.54) is 25.1 Å². The molecule has 1 atom stereocenters. The van der Waals surface area contributed by atoms with Gasteiger partial charge in [-0.1, -0.05) is 23.7 Å². The molecule has 0 saturated carbocycles. The number of carbonyl (C=O) groups excluding carboxylic acids is 1. The third-order valence-electron chi connectivity index (χ3n) is 1.81. The molecule has 0 spiro atoms. The number of carbonyl (C=O) groups is 1. The van der Waals surface area contributed by atoms with Crippen molar-refractivity contribution in [2.45, 2.75) is 17.9 Å². The number of carboxylic acids is 1. The second-order valence-electron chi connectivity index (χ2n) is 3.09. The summed E-state index contributed by atoms with van der Waals surface area (Å²) in [4.78, 5) is 10.3. The average molecular weight is 263 g/mol. The van der Waals surface area contributed by atoms with Gasteiger partial charge in [-0.2, -0.15) is 0 Å². The van der Waals surface area contributed by atoms with Crippen LogP contribution in [-0.4, -0.2) is 20.4 Å². The maximum atomic E-state index is 11.7. The van der Waals surface area contributed by atoms with Crippen LogP contribution < -0.4 is 9.83 Å². The van der Waals surface area contributed by atoms with E-state index >= 15 is 0 Å². The van der Waals surface area contributed by atoms with Gasteiger partial charge in [-0.15, -0.1) is 0 Å². The van der Waals surface area contributed by atoms with Crippen LogP contribution in [0.15, 0.2) is 29.2 Å². The minimum Gasteiger partial charge on any atom is -0.548 e. The molecule has 0 aliphatic carbocycles. The normalized spacial score (nSPS) is 13.4. The first kappa shape index (κ1) is 13.0. The van der Waals surface area contributed by atoms with Crippen molar-refractivity contribution in [1.82, 2.24) is 4.72 Å². The Morgan fingerprint density at radius 2 is 2.00 bits per heavy atom. The molecule has 88 valence electrons. The van der Waals surface area contributed by atoms with Crippen LogP contribution >= 0.6 is 11.6 Å². The highest BCUT2D eigenvalue weighted by Crippen LogP contribution is 2.20. The highest BCUT2D eigenvalue weighted by atomic mass is 35.5. The number of aliphatic carboxylic acids is 1. The third-order valence-corrected chi connectivity index (χ3v) is 3.85. The molecule has 1 N–H and O–H groups in total. The van der Waals surface area contributed by atoms with Crippen LogP contribution in [0, 0.1) is 0 Å². The van der Waals surface area contributed by atoms with Crippen molar-refractivity contribution in [3.05, 3.63) is 29.3 Å². The van der Waals surface area contributed by atoms with Gasteiger partial charge in [0.15, 0.2) is 0 Å². The number of halogens is 1. The van der Waals surface area contributed by atoms with E-state index in [9.17, 15) is 18.3 Å². The van der Waals surface area contributed by atoms with Crippen LogP contribution in [0.2, 0.25) is 5.02 Å². The Labute approximate surface area is 98.1 Å². The summed E-state index contributed by atoms with van der Waals surface area (Å²) in [7, 11) is -3.94. The molecule has 5 nitrogen and oxygen atoms in total. The molecule has 16 heavy (non-hydrogen) atoms. The molecule has 0 fully saturated rings. The van der Waals surface area contributed by atoms with Crippen LogP contribution in [0.3, 0.4) is 0 Å². The topological polar surface area (TPSA) is 86.3 Å². The van der Waals surface area contributed by atoms with Gasteiger partial charge in [0.25, 0.3) is 0 Å². The fourth-order valence-electron chi connectivity index (χ4n) is 1.01. The van der Waals surface area contributed by atoms with Gasteiger partial charge in [-0.25, -0.2) is 13.1 Å². The Bertz CT molecular complexity index is 500. The van der Waals surface area contributed by atoms with Crippen LogP contribution in [0.4, 0.5) is 0 Å². The predicted octanol–water partition coefficient (Wildman–Crippen LogP) is -0.243. The molecule has 1 aromatic rings. The minimum atomic E-state index is -3.94. The zero-order valence-corrected chi connectivity index (χ0v) is 9.88. The summed E-state index contributed by atoms with van der Waals surface area (Å²) in [5.41, 5.74) is 0. The van der Waals surface area contributed by atoms with Crippen molar-refractivity contribution in [3.8, 4) is 0 Å². The van der Waals surface area contributed by atoms with Gasteiger partial charge in [-0.3, -0.25) is 0 Å². The quantitative estimate of drug-likeness (QED) is 0.811. The van der Waals surface area contributed by atoms with Crippen molar-refractivity contribution in [1.29, 1.82) is 0 Å². The summed E-state index contributed by atoms with van der Waals surface area (Å²) in [5, 5.41) is 10.5. The zero-order valence-electron chi connectivity index (χ0n) is 8.31. The largest absolute Gasteiger partial charge is 0.548 e. The van der Waals surface area contributed by atoms with Gasteiger partial charge in [0.2, 0.25) is 10.0 Å². The SMILES string of the molecule is C[C@H](NS(=O)(=O)c1ccccc1Cl)C(=O)[O-]. The van der Waals surface area contributed by atoms with Gasteiger partial charge in [0, 0.05) is 0 Å². The fourth-order valence-corrected chi connectivity index (χ4v) is 2.72. The highest BCUT2D eigenvalue weighted by Gasteiger charge is 2.20. The molecule has 0 aliphatic rings. The molecule has 0 bridgehead atoms. The number of hydrogen-bond donors (Lipinski definition) is 1. The van der Waals surface area contributed by atoms with Gasteiger partial charge >= 0.3 is 0 Å². The summed E-state index contributed by atoms with van der Waals surface area (Å²) in [6.07, 6.45) is 0. The van der Waals surface area contributed by atoms with E-state index in [4.69, 9.17) is 11.6 Å². The molecule has 0 radical (unpaired) electrons. The molecule has 1 rings (SSSR count). The Morgan fingerprint density at radius 3 is 2.50 bits per heavy atom. The molecule has 0 aliphatic heterocycles. The van der Waals surface area contributed by atoms with Gasteiger partial charge < -0.3 is 9.90 Å². The molecule has 0 aromatic heterocycles. The maximum absolute atomic E-state index is 11.7. The number of sulfonamides is 1. The third kappa shape index (κ3) is 2.94. The van der Waals surface area contributed by atoms with Crippen molar-refractivity contribution >= 4 is 27.6 Å². The van der Waals surface area contributed by atoms with Crippen LogP contribution in [0.5, 0.6) is 0 Å². The van der Waals surface area contributed by atoms with E-state index in [0.717, 1.165) is 0 Å². The van der Waals surface area contributed by atoms with E-state index in [1.54, 1.807) is 6.07 Å². The lowest BCUT2D eigenvalue weighted by molar-refractivity contribution is -0.307. The molecular formula is C9H9ClNO4S-. The van der Waals surface area contributed by atoms with Crippen LogP contribution in [0.1, 0.15) is 6.92 Å². The van der Waals surface area contributed by atoms with Gasteiger partial charge in [-0.05, 0) is 19.1 Å². The Balaban J connectivity index is 3.04. The van der Waals surface area contributed by atoms with Gasteiger partial charge in [0.1, 0.15) is 4.90 Å². The summed E-state index contributed by atoms with van der Waals surface area (Å²) in [6, 6.07) is 4.43. The van der Waals surface area contributed by atoms with E-state index in [0.29, 0.717) is 0 Å². The monoisotopic (exact) mass is 262 g/mol. The summed E-state index contributed by atoms with van der Waals surface area (Å²) in [5.74, 6) is -1.50. The van der Waals surface area contributed by atoms with Crippen molar-refractivity contribution in [2.75, 3.05) is 0 Å². The maximum Gasteiger partial charge on any atom is 0.242 e. The summed E-state index contributed by atoms with van der Waals surface area (Å²) in [6.45, 7) is 1.17. The van der Waals surface area contributed by atoms with Gasteiger partial charge in [0.05, 0.1) is 17.0 Å². The minimum absolute atomic E-state index is 0.0283. The Kier molecular flexibility index (Phi) is 3.90. The predicted molar refractivity (Wildman–Crippen MR) is 56.2 cm³/mol. The van der Waals surface area contributed by atoms with E-state index in [2.05, 4.69) is 0 Å². The van der Waals surface area contributed by atoms with Crippen molar-refractivity contribution in [2.24, 2.45) is 0 Å². The second-order valence-corrected chi connectivity index (χ2v) is 5.18. The molecule has 7 heteroatoms. The average Bonchev–Trinajstić information content (AvgIpc) is 2.17. The standard InChI is InChI=1S/C9H10ClNO4S/c1-6(9(12)13)11-16(14,15)8-5-3-2-4-7(8)10/h2-6,11H,1H3,(H,12,13)/p-1/t6-/m0/s1. The summed E-state index contributed by atoms with van der Waals surface area (Å²) >= 11 is 5.69. The molecule has 0 amide bonds. The molecule has 0 saturated heterocycles. The highest BCUT2D eigenvalue weighted by molar-refractivity contribution is 7.89. The number of benzene rings is 1. The molecule has 0 heterocycles. The molecule has 0 unspecified atom stereocenters. The Morgan fingerprint density at radius 1 is 1.44 bits per heavy atom. The number of hydrogen-bond acceptors (Lipinski definition) is 4. The lowest BCUT2D eigenvalue weighted by atomic mass is 10.4. The van der Waals surface area contributed by atoms with E-state index in [1.807, 2.05) is 4.72 Å². The molecular weight excluding hydrogens is 254 g/mol. The first-order valence-corrected chi connectivity index (χ1v) is 6.18. The first-order valence-electron chi connectivity index (χ1n) is 4.32. The van der Waals surface area contributed by atoms with E-state index < -0.39 is 22.0 Å². The van der Waals surface area contributed by atoms with Crippen molar-refractivity contribution in [3.63, 3.8) is 0 Å². The summed E-state index contributed by atoms with van der Waals surface area (Å²) < 4.78 is 25.3. The number of nitrogens with one attached hydrogen (secondary N) is 1. The lowest BCUT2D eigenvalue weighted by Gasteiger charge is -2.15. The smallest absolute Gasteiger partial charge is 0.242 e. The fraction of sp³-hybridized carbons (Fsp3) is 0.222. The van der Waals surface area contributed by atoms with Crippen molar-refractivity contribution < 1.29 is 18.3 Å². The van der Waals surface area contributed by atoms with Crippen LogP contribution in [-0.2, 0) is 14.8 Å². The van der Waals surface area contributed by atoms with E-state index in [-0.39, 0.29) is 9.92 Å². The lowest BCUT2D eigenvalue weighted by Crippen LogP contribution is -2.45. The number of carboxylic acid groups (broad SMARTS) is 1. The Hall–Kier alpha value is -1.11. The molecule has 1 aromatic carbocycles. The van der Waals surface area contributed by atoms with Crippen LogP contribution in [0.25, 0.3) is 0 Å². The first-order chi connectivity index (χ1) is 7.34. The zero-order chi connectivity index (χ0) is 12.3.